The van der Waals surface area contributed by atoms with Crippen molar-refractivity contribution in [2.24, 2.45) is 11.3 Å². The molecular formula is C38H49N5O8. The number of piperidine rings is 1. The van der Waals surface area contributed by atoms with Gasteiger partial charge in [0.1, 0.15) is 35.2 Å². The highest BCUT2D eigenvalue weighted by Gasteiger charge is 2.39. The van der Waals surface area contributed by atoms with E-state index in [1.807, 2.05) is 62.1 Å². The molecule has 51 heavy (non-hydrogen) atoms. The first-order chi connectivity index (χ1) is 24.2. The summed E-state index contributed by atoms with van der Waals surface area (Å²) in [6.45, 7) is 9.17. The second kappa shape index (κ2) is 15.5. The number of aryl methyl sites for hydroxylation is 1. The Bertz CT molecular complexity index is 1780. The number of hydrogen-bond donors (Lipinski definition) is 4. The van der Waals surface area contributed by atoms with Crippen LogP contribution in [0.15, 0.2) is 52.9 Å². The number of benzene rings is 2. The second-order valence-corrected chi connectivity index (χ2v) is 14.3. The Morgan fingerprint density at radius 3 is 2.35 bits per heavy atom. The van der Waals surface area contributed by atoms with Gasteiger partial charge in [0.15, 0.2) is 6.61 Å². The first-order valence-electron chi connectivity index (χ1n) is 17.5. The van der Waals surface area contributed by atoms with Crippen LogP contribution in [0.2, 0.25) is 0 Å². The molecule has 1 spiro atoms. The molecule has 2 aromatic carbocycles. The molecule has 13 nitrogen and oxygen atoms in total. The molecule has 3 heterocycles. The number of aliphatic hydroxyl groups excluding tert-OH is 1. The van der Waals surface area contributed by atoms with E-state index in [2.05, 4.69) is 16.0 Å². The average molecular weight is 704 g/mol. The second-order valence-electron chi connectivity index (χ2n) is 14.3. The minimum Gasteiger partial charge on any atom is -0.484 e. The van der Waals surface area contributed by atoms with Gasteiger partial charge >= 0.3 is 0 Å². The van der Waals surface area contributed by atoms with Crippen molar-refractivity contribution in [3.63, 3.8) is 0 Å². The smallest absolute Gasteiger partial charge is 0.258 e. The third-order valence-corrected chi connectivity index (χ3v) is 10.1. The summed E-state index contributed by atoms with van der Waals surface area (Å²) in [7, 11) is 1.40. The van der Waals surface area contributed by atoms with Gasteiger partial charge in [0.25, 0.3) is 11.8 Å². The van der Waals surface area contributed by atoms with Gasteiger partial charge < -0.3 is 40.0 Å². The summed E-state index contributed by atoms with van der Waals surface area (Å²) in [6.07, 6.45) is 0.461. The summed E-state index contributed by atoms with van der Waals surface area (Å²) in [6, 6.07) is 11.6. The Hall–Kier alpha value is -4.91. The highest BCUT2D eigenvalue weighted by Crippen LogP contribution is 2.37. The molecule has 0 aliphatic carbocycles. The molecule has 1 aromatic heterocycles. The first kappa shape index (κ1) is 37.3. The molecule has 4 N–H and O–H groups in total. The van der Waals surface area contributed by atoms with Crippen molar-refractivity contribution in [3.8, 4) is 5.75 Å². The van der Waals surface area contributed by atoms with Gasteiger partial charge in [-0.1, -0.05) is 38.1 Å². The number of para-hydroxylation sites is 1. The van der Waals surface area contributed by atoms with Crippen LogP contribution in [-0.4, -0.2) is 102 Å². The van der Waals surface area contributed by atoms with E-state index in [4.69, 9.17) is 9.15 Å². The molecule has 1 saturated heterocycles. The number of hydrogen-bond acceptors (Lipinski definition) is 8. The topological polar surface area (TPSA) is 171 Å². The zero-order valence-electron chi connectivity index (χ0n) is 30.2. The standard InChI is InChI=1S/C38H49N5O8/c1-22(2)31-35(47)39-21-38(13-15-43(16-14-38)36(48)29-12-8-10-27-17-23(3)51-33(27)29)19-26-9-7-11-28(18-26)50-20-30(45)40-32(25(5)44)37(49)42(6)24(4)34(46)41-31/h7-12,17-18,22,24-25,31-32,44H,13-16,19-21H2,1-6H3,(H,39,47)(H,40,45)(H,41,46)/t24-,25+,31+,32-/m0/s1. The first-order valence-corrected chi connectivity index (χ1v) is 17.5. The lowest BCUT2D eigenvalue weighted by molar-refractivity contribution is -0.144. The average Bonchev–Trinajstić information content (AvgIpc) is 3.50. The molecule has 2 aliphatic heterocycles. The Labute approximate surface area is 298 Å². The highest BCUT2D eigenvalue weighted by molar-refractivity contribution is 6.05. The Morgan fingerprint density at radius 2 is 1.67 bits per heavy atom. The van der Waals surface area contributed by atoms with E-state index in [1.165, 1.54) is 20.9 Å². The minimum atomic E-state index is -1.33. The Kier molecular flexibility index (Phi) is 11.4. The zero-order valence-corrected chi connectivity index (χ0v) is 30.2. The van der Waals surface area contributed by atoms with Crippen LogP contribution in [-0.2, 0) is 25.6 Å². The van der Waals surface area contributed by atoms with Crippen LogP contribution < -0.4 is 20.7 Å². The number of nitrogens with zero attached hydrogens (tertiary/aromatic N) is 2. The predicted molar refractivity (Wildman–Crippen MR) is 190 cm³/mol. The van der Waals surface area contributed by atoms with Crippen molar-refractivity contribution in [1.29, 1.82) is 0 Å². The molecule has 5 rings (SSSR count). The molecule has 4 atom stereocenters. The lowest BCUT2D eigenvalue weighted by Gasteiger charge is -2.42. The summed E-state index contributed by atoms with van der Waals surface area (Å²) >= 11 is 0. The van der Waals surface area contributed by atoms with Crippen molar-refractivity contribution in [3.05, 3.63) is 65.4 Å². The van der Waals surface area contributed by atoms with Gasteiger partial charge in [-0.05, 0) is 81.2 Å². The van der Waals surface area contributed by atoms with Gasteiger partial charge in [0.2, 0.25) is 17.7 Å². The van der Waals surface area contributed by atoms with Crippen LogP contribution in [0.3, 0.4) is 0 Å². The van der Waals surface area contributed by atoms with Crippen molar-refractivity contribution < 1.29 is 38.2 Å². The van der Waals surface area contributed by atoms with Gasteiger partial charge in [-0.3, -0.25) is 24.0 Å². The van der Waals surface area contributed by atoms with Crippen LogP contribution in [0, 0.1) is 18.3 Å². The lowest BCUT2D eigenvalue weighted by Crippen LogP contribution is -2.59. The number of amides is 5. The predicted octanol–water partition coefficient (Wildman–Crippen LogP) is 2.57. The number of carbonyl (C=O) groups is 5. The third kappa shape index (κ3) is 8.53. The van der Waals surface area contributed by atoms with Crippen molar-refractivity contribution in [2.45, 2.75) is 78.1 Å². The van der Waals surface area contributed by atoms with Gasteiger partial charge in [-0.2, -0.15) is 0 Å². The summed E-state index contributed by atoms with van der Waals surface area (Å²) in [4.78, 5) is 70.2. The number of carbonyl (C=O) groups excluding carboxylic acids is 5. The molecule has 3 aromatic rings. The lowest BCUT2D eigenvalue weighted by atomic mass is 9.73. The van der Waals surface area contributed by atoms with Crippen molar-refractivity contribution >= 4 is 40.5 Å². The maximum atomic E-state index is 13.8. The largest absolute Gasteiger partial charge is 0.484 e. The van der Waals surface area contributed by atoms with Gasteiger partial charge in [0.05, 0.1) is 11.7 Å². The van der Waals surface area contributed by atoms with Crippen LogP contribution in [0.1, 0.15) is 62.2 Å². The number of likely N-dealkylation sites (tertiary alicyclic amines) is 1. The third-order valence-electron chi connectivity index (χ3n) is 10.1. The summed E-state index contributed by atoms with van der Waals surface area (Å²) in [5, 5.41) is 19.7. The molecule has 5 amide bonds. The number of nitrogens with one attached hydrogen (secondary N) is 3. The van der Waals surface area contributed by atoms with Crippen LogP contribution in [0.5, 0.6) is 5.75 Å². The fourth-order valence-corrected chi connectivity index (χ4v) is 6.84. The number of likely N-dealkylation sites (N-methyl/N-ethyl adjacent to an activating group) is 1. The molecule has 2 bridgehead atoms. The number of aliphatic hydroxyl groups is 1. The van der Waals surface area contributed by atoms with Gasteiger partial charge in [-0.25, -0.2) is 0 Å². The Morgan fingerprint density at radius 1 is 0.961 bits per heavy atom. The monoisotopic (exact) mass is 703 g/mol. The molecule has 0 saturated carbocycles. The van der Waals surface area contributed by atoms with Gasteiger partial charge in [0, 0.05) is 32.1 Å². The van der Waals surface area contributed by atoms with E-state index in [1.54, 1.807) is 12.1 Å². The number of ether oxygens (including phenoxy) is 1. The number of furan rings is 1. The van der Waals surface area contributed by atoms with E-state index < -0.39 is 54.0 Å². The molecular weight excluding hydrogens is 654 g/mol. The maximum Gasteiger partial charge on any atom is 0.258 e. The normalized spacial score (nSPS) is 23.1. The van der Waals surface area contributed by atoms with E-state index >= 15 is 0 Å². The molecule has 13 heteroatoms. The van der Waals surface area contributed by atoms with Crippen molar-refractivity contribution in [2.75, 3.05) is 33.3 Å². The van der Waals surface area contributed by atoms with Crippen molar-refractivity contribution in [1.82, 2.24) is 25.8 Å². The molecule has 2 aliphatic rings. The fourth-order valence-electron chi connectivity index (χ4n) is 6.84. The molecule has 1 fully saturated rings. The number of fused-ring (bicyclic) bond motifs is 3. The highest BCUT2D eigenvalue weighted by atomic mass is 16.5. The minimum absolute atomic E-state index is 0.114. The van der Waals surface area contributed by atoms with E-state index in [-0.39, 0.29) is 24.3 Å². The SMILES string of the molecule is Cc1cc2cccc(C(=O)N3CCC4(CC3)CNC(=O)[C@@H](C(C)C)NC(=O)[C@H](C)N(C)C(=O)[C@H]([C@@H](C)O)NC(=O)COc3cccc(c3)C4)c2o1. The fraction of sp³-hybridized carbons (Fsp3) is 0.500. The molecule has 0 unspecified atom stereocenters. The van der Waals surface area contributed by atoms with E-state index in [0.29, 0.717) is 49.2 Å². The molecule has 274 valence electrons. The zero-order chi connectivity index (χ0) is 37.0. The van der Waals surface area contributed by atoms with Gasteiger partial charge in [-0.15, -0.1) is 0 Å². The Balaban J connectivity index is 1.42. The maximum absolute atomic E-state index is 13.8. The summed E-state index contributed by atoms with van der Waals surface area (Å²) < 4.78 is 11.7. The van der Waals surface area contributed by atoms with Crippen LogP contribution >= 0.6 is 0 Å². The van der Waals surface area contributed by atoms with E-state index in [0.717, 1.165) is 21.6 Å². The number of rotatable bonds is 3. The summed E-state index contributed by atoms with van der Waals surface area (Å²) in [5.41, 5.74) is 1.54. The molecule has 0 radical (unpaired) electrons. The van der Waals surface area contributed by atoms with Crippen LogP contribution in [0.4, 0.5) is 0 Å². The van der Waals surface area contributed by atoms with Crippen LogP contribution in [0.25, 0.3) is 11.0 Å². The summed E-state index contributed by atoms with van der Waals surface area (Å²) in [5.74, 6) is -1.43. The quantitative estimate of drug-likeness (QED) is 0.323. The van der Waals surface area contributed by atoms with E-state index in [9.17, 15) is 29.1 Å².